The van der Waals surface area contributed by atoms with E-state index in [0.717, 1.165) is 32.5 Å². The van der Waals surface area contributed by atoms with E-state index in [4.69, 9.17) is 9.47 Å². The summed E-state index contributed by atoms with van der Waals surface area (Å²) in [5.41, 5.74) is 1.22. The van der Waals surface area contributed by atoms with Crippen molar-refractivity contribution in [2.75, 3.05) is 44.4 Å². The molecule has 1 N–H and O–H groups in total. The molecule has 3 rings (SSSR count). The Morgan fingerprint density at radius 1 is 1.41 bits per heavy atom. The normalized spacial score (nSPS) is 21.9. The summed E-state index contributed by atoms with van der Waals surface area (Å²) in [4.78, 5) is 23.1. The minimum absolute atomic E-state index is 0.137. The Labute approximate surface area is 130 Å². The van der Waals surface area contributed by atoms with Crippen molar-refractivity contribution in [3.63, 3.8) is 0 Å². The zero-order chi connectivity index (χ0) is 15.4. The van der Waals surface area contributed by atoms with Crippen LogP contribution >= 0.6 is 0 Å². The number of carbonyl (C=O) groups is 1. The fourth-order valence-electron chi connectivity index (χ4n) is 2.70. The highest BCUT2D eigenvalue weighted by Crippen LogP contribution is 2.14. The van der Waals surface area contributed by atoms with Gasteiger partial charge in [-0.3, -0.25) is 4.79 Å². The summed E-state index contributed by atoms with van der Waals surface area (Å²) in [6.07, 6.45) is 3.82. The third-order valence-electron chi connectivity index (χ3n) is 4.02. The van der Waals surface area contributed by atoms with Crippen LogP contribution in [0.1, 0.15) is 28.9 Å². The minimum Gasteiger partial charge on any atom is -0.378 e. The van der Waals surface area contributed by atoms with Gasteiger partial charge in [0.2, 0.25) is 5.95 Å². The molecule has 0 saturated carbocycles. The van der Waals surface area contributed by atoms with Gasteiger partial charge in [-0.05, 0) is 19.8 Å². The molecule has 1 amide bonds. The number of nitrogens with zero attached hydrogens (tertiary/aromatic N) is 3. The number of hydrogen-bond donors (Lipinski definition) is 1. The van der Waals surface area contributed by atoms with E-state index in [0.29, 0.717) is 37.0 Å². The third-order valence-corrected chi connectivity index (χ3v) is 4.02. The Kier molecular flexibility index (Phi) is 4.84. The highest BCUT2D eigenvalue weighted by Gasteiger charge is 2.19. The van der Waals surface area contributed by atoms with Crippen LogP contribution in [-0.2, 0) is 9.47 Å². The Morgan fingerprint density at radius 3 is 2.91 bits per heavy atom. The second-order valence-corrected chi connectivity index (χ2v) is 5.61. The maximum atomic E-state index is 12.2. The molecular formula is C15H22N4O3. The van der Waals surface area contributed by atoms with Crippen molar-refractivity contribution in [3.8, 4) is 0 Å². The van der Waals surface area contributed by atoms with Crippen molar-refractivity contribution in [2.45, 2.75) is 25.9 Å². The van der Waals surface area contributed by atoms with Crippen LogP contribution in [0, 0.1) is 6.92 Å². The molecule has 2 fully saturated rings. The molecule has 2 aliphatic heterocycles. The van der Waals surface area contributed by atoms with Crippen molar-refractivity contribution < 1.29 is 14.3 Å². The third kappa shape index (κ3) is 3.53. The van der Waals surface area contributed by atoms with Crippen molar-refractivity contribution in [1.29, 1.82) is 0 Å². The summed E-state index contributed by atoms with van der Waals surface area (Å²) in [6.45, 7) is 6.11. The second-order valence-electron chi connectivity index (χ2n) is 5.61. The van der Waals surface area contributed by atoms with E-state index in [9.17, 15) is 4.79 Å². The van der Waals surface area contributed by atoms with Crippen LogP contribution in [0.15, 0.2) is 6.20 Å². The van der Waals surface area contributed by atoms with E-state index in [1.165, 1.54) is 0 Å². The van der Waals surface area contributed by atoms with Gasteiger partial charge in [-0.2, -0.15) is 0 Å². The number of rotatable bonds is 4. The minimum atomic E-state index is -0.137. The molecule has 0 aliphatic carbocycles. The number of morpholine rings is 1. The fourth-order valence-corrected chi connectivity index (χ4v) is 2.70. The van der Waals surface area contributed by atoms with Crippen molar-refractivity contribution in [1.82, 2.24) is 15.3 Å². The predicted molar refractivity (Wildman–Crippen MR) is 81.1 cm³/mol. The molecule has 1 unspecified atom stereocenters. The first-order valence-electron chi connectivity index (χ1n) is 7.80. The number of hydrogen-bond acceptors (Lipinski definition) is 6. The molecule has 0 radical (unpaired) electrons. The van der Waals surface area contributed by atoms with E-state index in [2.05, 4.69) is 20.2 Å². The van der Waals surface area contributed by atoms with Gasteiger partial charge in [-0.25, -0.2) is 9.97 Å². The lowest BCUT2D eigenvalue weighted by Crippen LogP contribution is -2.38. The van der Waals surface area contributed by atoms with Crippen LogP contribution in [-0.4, -0.2) is 61.4 Å². The highest BCUT2D eigenvalue weighted by atomic mass is 16.5. The Hall–Kier alpha value is -1.73. The van der Waals surface area contributed by atoms with Crippen LogP contribution in [0.4, 0.5) is 5.95 Å². The van der Waals surface area contributed by atoms with E-state index in [-0.39, 0.29) is 12.0 Å². The number of ether oxygens (including phenoxy) is 2. The molecule has 120 valence electrons. The number of anilines is 1. The topological polar surface area (TPSA) is 76.6 Å². The molecule has 0 aromatic carbocycles. The van der Waals surface area contributed by atoms with Gasteiger partial charge in [-0.15, -0.1) is 0 Å². The molecule has 1 atom stereocenters. The summed E-state index contributed by atoms with van der Waals surface area (Å²) in [6, 6.07) is 0. The van der Waals surface area contributed by atoms with Gasteiger partial charge >= 0.3 is 0 Å². The monoisotopic (exact) mass is 306 g/mol. The lowest BCUT2D eigenvalue weighted by Gasteiger charge is -2.27. The summed E-state index contributed by atoms with van der Waals surface area (Å²) < 4.78 is 10.8. The van der Waals surface area contributed by atoms with Crippen LogP contribution in [0.5, 0.6) is 0 Å². The quantitative estimate of drug-likeness (QED) is 0.874. The average molecular weight is 306 g/mol. The second kappa shape index (κ2) is 7.02. The number of aromatic nitrogens is 2. The van der Waals surface area contributed by atoms with Gasteiger partial charge in [0.1, 0.15) is 0 Å². The van der Waals surface area contributed by atoms with E-state index in [1.54, 1.807) is 6.20 Å². The number of amides is 1. The number of nitrogens with one attached hydrogen (secondary N) is 1. The maximum Gasteiger partial charge on any atom is 0.254 e. The van der Waals surface area contributed by atoms with Gasteiger partial charge in [0.05, 0.1) is 30.6 Å². The average Bonchev–Trinajstić information content (AvgIpc) is 3.07. The number of aryl methyl sites for hydroxylation is 1. The molecule has 22 heavy (non-hydrogen) atoms. The van der Waals surface area contributed by atoms with Gasteiger partial charge in [0.25, 0.3) is 5.91 Å². The van der Waals surface area contributed by atoms with Gasteiger partial charge in [0, 0.05) is 32.4 Å². The Morgan fingerprint density at radius 2 is 2.23 bits per heavy atom. The van der Waals surface area contributed by atoms with E-state index < -0.39 is 0 Å². The molecule has 3 heterocycles. The summed E-state index contributed by atoms with van der Waals surface area (Å²) in [5, 5.41) is 2.90. The predicted octanol–water partition coefficient (Wildman–Crippen LogP) is 0.530. The first-order chi connectivity index (χ1) is 10.7. The van der Waals surface area contributed by atoms with Gasteiger partial charge in [0.15, 0.2) is 0 Å². The Balaban J connectivity index is 1.61. The van der Waals surface area contributed by atoms with Crippen LogP contribution in [0.3, 0.4) is 0 Å². The zero-order valence-corrected chi connectivity index (χ0v) is 12.9. The first-order valence-corrected chi connectivity index (χ1v) is 7.80. The zero-order valence-electron chi connectivity index (χ0n) is 12.9. The smallest absolute Gasteiger partial charge is 0.254 e. The summed E-state index contributed by atoms with van der Waals surface area (Å²) >= 11 is 0. The number of carbonyl (C=O) groups excluding carboxylic acids is 1. The largest absolute Gasteiger partial charge is 0.378 e. The molecule has 2 aliphatic rings. The standard InChI is InChI=1S/C15H22N4O3/c1-11-13(14(20)16-9-12-3-2-6-22-12)10-17-15(18-11)19-4-7-21-8-5-19/h10,12H,2-9H2,1H3,(H,16,20). The molecule has 7 heteroatoms. The van der Waals surface area contributed by atoms with Crippen molar-refractivity contribution in [2.24, 2.45) is 0 Å². The van der Waals surface area contributed by atoms with Crippen LogP contribution in [0.2, 0.25) is 0 Å². The fraction of sp³-hybridized carbons (Fsp3) is 0.667. The SMILES string of the molecule is Cc1nc(N2CCOCC2)ncc1C(=O)NCC1CCCO1. The van der Waals surface area contributed by atoms with Crippen LogP contribution in [0.25, 0.3) is 0 Å². The molecule has 0 bridgehead atoms. The molecule has 0 spiro atoms. The van der Waals surface area contributed by atoms with E-state index >= 15 is 0 Å². The Bertz CT molecular complexity index is 526. The highest BCUT2D eigenvalue weighted by molar-refractivity contribution is 5.95. The van der Waals surface area contributed by atoms with E-state index in [1.807, 2.05) is 6.92 Å². The first kappa shape index (κ1) is 15.2. The van der Waals surface area contributed by atoms with Gasteiger partial charge < -0.3 is 19.7 Å². The van der Waals surface area contributed by atoms with Crippen molar-refractivity contribution >= 4 is 11.9 Å². The summed E-state index contributed by atoms with van der Waals surface area (Å²) in [7, 11) is 0. The lowest BCUT2D eigenvalue weighted by atomic mass is 10.2. The molecule has 7 nitrogen and oxygen atoms in total. The lowest BCUT2D eigenvalue weighted by molar-refractivity contribution is 0.0856. The maximum absolute atomic E-state index is 12.2. The molecule has 1 aromatic heterocycles. The summed E-state index contributed by atoms with van der Waals surface area (Å²) in [5.74, 6) is 0.526. The van der Waals surface area contributed by atoms with Gasteiger partial charge in [-0.1, -0.05) is 0 Å². The molecule has 2 saturated heterocycles. The molecule has 1 aromatic rings. The van der Waals surface area contributed by atoms with Crippen molar-refractivity contribution in [3.05, 3.63) is 17.5 Å². The van der Waals surface area contributed by atoms with Crippen LogP contribution < -0.4 is 10.2 Å². The molecular weight excluding hydrogens is 284 g/mol.